The van der Waals surface area contributed by atoms with Gasteiger partial charge in [0.1, 0.15) is 116 Å². The topological polar surface area (TPSA) is 541 Å². The highest BCUT2D eigenvalue weighted by Crippen LogP contribution is 2.41. The number of hydrogen-bond donors (Lipinski definition) is 20. The summed E-state index contributed by atoms with van der Waals surface area (Å²) in [5.74, 6) is -7.76. The number of nitrogens with one attached hydrogen (secondary N) is 3. The molecule has 0 aromatic rings. The van der Waals surface area contributed by atoms with E-state index in [4.69, 9.17) is 47.4 Å². The van der Waals surface area contributed by atoms with Gasteiger partial charge in [-0.05, 0) is 38.5 Å². The third-order valence-electron chi connectivity index (χ3n) is 18.7. The zero-order valence-electron chi connectivity index (χ0n) is 58.3. The standard InChI is InChI=1S/C67H117N3O31/c1-5-7-9-11-13-15-16-17-18-20-21-23-25-27-39(78)38(70-46(81)28-26-24-22-19-14-12-10-8-6-2)35-92-63-55(88)53(86)57(44(33-74)95-63)97-65-56(89)61(101-67(66(90)91)29-40(79)47(68-36(3)76)60(100-67)49(82)41(80)30-71)58(45(34-75)96-65)98-62-48(69-37(4)77)59(51(84)43(32-73)93-62)99-64-54(87)52(85)50(83)42(31-72)94-64/h19,22,25,27,38-45,47-65,71-75,78-80,82-89H,5-18,20-21,23-24,26,28-35H2,1-4H3,(H,68,76)(H,69,77)(H,70,81)(H,90,91)/b22-19-,27-25+/t38-,39+,40-,41+,42+,43+,44+,45+,47+,48+,49-,50-,51-,52-,53+,54+,55+,56+,57+,58-,59+,60-,61+,62-,63+,64-,65-,67-/m0/s1. The average Bonchev–Trinajstić information content (AvgIpc) is 0.751. The predicted molar refractivity (Wildman–Crippen MR) is 351 cm³/mol. The fourth-order valence-corrected chi connectivity index (χ4v) is 13.0. The number of carboxylic acid groups (broad SMARTS) is 1. The van der Waals surface area contributed by atoms with Crippen LogP contribution in [-0.4, -0.2) is 321 Å². The van der Waals surface area contributed by atoms with Crippen molar-refractivity contribution in [2.45, 2.75) is 334 Å². The Labute approximate surface area is 588 Å². The zero-order chi connectivity index (χ0) is 74.5. The van der Waals surface area contributed by atoms with Crippen LogP contribution in [-0.2, 0) is 66.5 Å². The lowest BCUT2D eigenvalue weighted by Crippen LogP contribution is -2.72. The largest absolute Gasteiger partial charge is 0.477 e. The molecule has 28 atom stereocenters. The number of carbonyl (C=O) groups is 4. The number of carboxylic acids is 1. The Morgan fingerprint density at radius 2 is 0.990 bits per heavy atom. The van der Waals surface area contributed by atoms with Crippen molar-refractivity contribution in [1.82, 2.24) is 16.0 Å². The van der Waals surface area contributed by atoms with E-state index in [1.54, 1.807) is 6.08 Å². The van der Waals surface area contributed by atoms with Crippen molar-refractivity contribution in [2.75, 3.05) is 39.6 Å². The zero-order valence-corrected chi connectivity index (χ0v) is 58.3. The molecule has 0 aromatic heterocycles. The number of allylic oxidation sites excluding steroid dienone is 3. The number of aliphatic carboxylic acids is 1. The minimum atomic E-state index is -3.38. The fraction of sp³-hybridized carbons (Fsp3) is 0.881. The first-order valence-electron chi connectivity index (χ1n) is 35.7. The van der Waals surface area contributed by atoms with Crippen LogP contribution < -0.4 is 16.0 Å². The van der Waals surface area contributed by atoms with Gasteiger partial charge in [-0.15, -0.1) is 0 Å². The normalized spacial score (nSPS) is 36.0. The van der Waals surface area contributed by atoms with Gasteiger partial charge in [-0.25, -0.2) is 4.79 Å². The van der Waals surface area contributed by atoms with Gasteiger partial charge in [-0.3, -0.25) is 14.4 Å². The summed E-state index contributed by atoms with van der Waals surface area (Å²) in [5.41, 5.74) is 0. The molecule has 0 unspecified atom stereocenters. The van der Waals surface area contributed by atoms with E-state index in [0.29, 0.717) is 19.3 Å². The van der Waals surface area contributed by atoms with Gasteiger partial charge < -0.3 is 150 Å². The second kappa shape index (κ2) is 45.1. The number of carbonyl (C=O) groups excluding carboxylic acids is 3. The van der Waals surface area contributed by atoms with E-state index in [2.05, 4.69) is 35.9 Å². The Morgan fingerprint density at radius 3 is 1.56 bits per heavy atom. The molecule has 5 saturated heterocycles. The second-order valence-corrected chi connectivity index (χ2v) is 26.8. The number of aliphatic hydroxyl groups is 16. The first-order chi connectivity index (χ1) is 48.3. The predicted octanol–water partition coefficient (Wildman–Crippen LogP) is -3.61. The highest BCUT2D eigenvalue weighted by atomic mass is 16.8. The van der Waals surface area contributed by atoms with E-state index in [-0.39, 0.29) is 6.42 Å². The van der Waals surface area contributed by atoms with Crippen molar-refractivity contribution in [2.24, 2.45) is 0 Å². The van der Waals surface area contributed by atoms with Gasteiger partial charge in [0.25, 0.3) is 5.79 Å². The van der Waals surface area contributed by atoms with E-state index in [1.165, 1.54) is 51.0 Å². The second-order valence-electron chi connectivity index (χ2n) is 26.8. The molecule has 586 valence electrons. The lowest BCUT2D eigenvalue weighted by atomic mass is 9.88. The molecule has 20 N–H and O–H groups in total. The molecule has 34 heteroatoms. The van der Waals surface area contributed by atoms with E-state index >= 15 is 0 Å². The number of aliphatic hydroxyl groups excluding tert-OH is 16. The minimum Gasteiger partial charge on any atom is -0.477 e. The van der Waals surface area contributed by atoms with E-state index in [0.717, 1.165) is 71.6 Å². The molecule has 5 aliphatic heterocycles. The van der Waals surface area contributed by atoms with Crippen LogP contribution in [0.5, 0.6) is 0 Å². The molecule has 5 heterocycles. The molecule has 5 rings (SSSR count). The van der Waals surface area contributed by atoms with Gasteiger partial charge in [0.05, 0.1) is 63.9 Å². The molecular weight excluding hydrogens is 1340 g/mol. The van der Waals surface area contributed by atoms with Crippen LogP contribution in [0, 0.1) is 0 Å². The van der Waals surface area contributed by atoms with Crippen LogP contribution in [0.3, 0.4) is 0 Å². The minimum absolute atomic E-state index is 0.0810. The molecular formula is C67H117N3O31. The Kier molecular flexibility index (Phi) is 39.3. The SMILES string of the molecule is CCCCCC/C=C\CCCC(=O)N[C@@H](CO[C@@H]1O[C@H](CO)[C@@H](O[C@@H]2O[C@H](CO)[C@H](O[C@@H]3O[C@H](CO)[C@H](O)[C@H](O[C@@H]4O[C@H](CO)[C@H](O)[C@H](O)[C@H]4O)[C@H]3NC(C)=O)[C@H](O[C@]3(C(=O)O)C[C@H](O)[C@@H](NC(C)=O)[C@@H]([C@@H](O)[C@H](O)CO)O3)[C@H]2O)[C@H](O)[C@H]1O)[C@H](O)/C=C/CCCCCCCCCCCCC. The summed E-state index contributed by atoms with van der Waals surface area (Å²) >= 11 is 0. The summed E-state index contributed by atoms with van der Waals surface area (Å²) in [7, 11) is 0. The molecule has 5 fully saturated rings. The van der Waals surface area contributed by atoms with Crippen LogP contribution >= 0.6 is 0 Å². The van der Waals surface area contributed by atoms with Crippen molar-refractivity contribution < 1.29 is 153 Å². The van der Waals surface area contributed by atoms with Gasteiger partial charge in [-0.1, -0.05) is 122 Å². The fourth-order valence-electron chi connectivity index (χ4n) is 13.0. The summed E-state index contributed by atoms with van der Waals surface area (Å²) in [6.07, 6.45) is -23.4. The smallest absolute Gasteiger partial charge is 0.364 e. The quantitative estimate of drug-likeness (QED) is 0.0207. The summed E-state index contributed by atoms with van der Waals surface area (Å²) in [6.45, 7) is 0.193. The highest BCUT2D eigenvalue weighted by Gasteiger charge is 2.62. The third kappa shape index (κ3) is 25.8. The van der Waals surface area contributed by atoms with Crippen molar-refractivity contribution >= 4 is 23.7 Å². The first-order valence-corrected chi connectivity index (χ1v) is 35.7. The lowest BCUT2D eigenvalue weighted by molar-refractivity contribution is -0.403. The van der Waals surface area contributed by atoms with Crippen LogP contribution in [0.1, 0.15) is 163 Å². The summed E-state index contributed by atoms with van der Waals surface area (Å²) in [5, 5.41) is 196. The Bertz CT molecular complexity index is 2440. The van der Waals surface area contributed by atoms with Gasteiger partial charge >= 0.3 is 5.97 Å². The molecule has 0 bridgehead atoms. The number of rotatable bonds is 45. The Morgan fingerprint density at radius 1 is 0.515 bits per heavy atom. The van der Waals surface area contributed by atoms with Crippen molar-refractivity contribution in [3.8, 4) is 0 Å². The Balaban J connectivity index is 1.45. The lowest BCUT2D eigenvalue weighted by Gasteiger charge is -2.52. The van der Waals surface area contributed by atoms with E-state index < -0.39 is 241 Å². The van der Waals surface area contributed by atoms with Gasteiger partial charge in [0.2, 0.25) is 17.7 Å². The Hall–Kier alpha value is -3.68. The molecule has 34 nitrogen and oxygen atoms in total. The molecule has 5 aliphatic rings. The maximum atomic E-state index is 13.8. The first kappa shape index (κ1) is 88.0. The van der Waals surface area contributed by atoms with Gasteiger partial charge in [0, 0.05) is 26.7 Å². The third-order valence-corrected chi connectivity index (χ3v) is 18.7. The van der Waals surface area contributed by atoms with Crippen LogP contribution in [0.4, 0.5) is 0 Å². The molecule has 101 heavy (non-hydrogen) atoms. The molecule has 0 aromatic carbocycles. The molecule has 0 saturated carbocycles. The van der Waals surface area contributed by atoms with Crippen LogP contribution in [0.25, 0.3) is 0 Å². The van der Waals surface area contributed by atoms with Crippen LogP contribution in [0.2, 0.25) is 0 Å². The highest BCUT2D eigenvalue weighted by molar-refractivity contribution is 5.77. The summed E-state index contributed by atoms with van der Waals surface area (Å²) in [4.78, 5) is 52.7. The van der Waals surface area contributed by atoms with Crippen molar-refractivity contribution in [3.63, 3.8) is 0 Å². The van der Waals surface area contributed by atoms with Crippen LogP contribution in [0.15, 0.2) is 24.3 Å². The van der Waals surface area contributed by atoms with Crippen molar-refractivity contribution in [1.29, 1.82) is 0 Å². The monoisotopic (exact) mass is 1460 g/mol. The van der Waals surface area contributed by atoms with E-state index in [1.807, 2.05) is 6.08 Å². The van der Waals surface area contributed by atoms with Crippen molar-refractivity contribution in [3.05, 3.63) is 24.3 Å². The molecule has 0 aliphatic carbocycles. The maximum absolute atomic E-state index is 13.8. The van der Waals surface area contributed by atoms with Gasteiger partial charge in [0.15, 0.2) is 25.2 Å². The maximum Gasteiger partial charge on any atom is 0.364 e. The number of amides is 3. The van der Waals surface area contributed by atoms with E-state index in [9.17, 15) is 106 Å². The summed E-state index contributed by atoms with van der Waals surface area (Å²) < 4.78 is 59.9. The van der Waals surface area contributed by atoms with Gasteiger partial charge in [-0.2, -0.15) is 0 Å². The molecule has 0 spiro atoms. The molecule has 3 amide bonds. The number of hydrogen-bond acceptors (Lipinski definition) is 30. The number of unbranched alkanes of at least 4 members (excludes halogenated alkanes) is 16. The number of ether oxygens (including phenoxy) is 10. The molecule has 0 radical (unpaired) electrons. The summed E-state index contributed by atoms with van der Waals surface area (Å²) in [6, 6.07) is -4.82. The average molecular weight is 1460 g/mol.